The SMILES string of the molecule is COc1cc(/C=C2\SC(=S)NC2=O)cc(Cl)c1OCC(=O)Nc1ccc(Cl)cc1. The number of ether oxygens (including phenoxy) is 2. The van der Waals surface area contributed by atoms with Gasteiger partial charge in [0, 0.05) is 10.7 Å². The molecule has 0 atom stereocenters. The van der Waals surface area contributed by atoms with Crippen LogP contribution in [0.2, 0.25) is 10.0 Å². The summed E-state index contributed by atoms with van der Waals surface area (Å²) in [4.78, 5) is 24.4. The third-order valence-corrected chi connectivity index (χ3v) is 5.36. The fourth-order valence-corrected chi connectivity index (χ4v) is 3.85. The summed E-state index contributed by atoms with van der Waals surface area (Å²) in [5.74, 6) is -0.0882. The minimum atomic E-state index is -0.371. The minimum Gasteiger partial charge on any atom is -0.493 e. The van der Waals surface area contributed by atoms with E-state index in [0.29, 0.717) is 31.2 Å². The maximum Gasteiger partial charge on any atom is 0.263 e. The second kappa shape index (κ2) is 9.49. The summed E-state index contributed by atoms with van der Waals surface area (Å²) in [5.41, 5.74) is 1.22. The van der Waals surface area contributed by atoms with Gasteiger partial charge in [-0.05, 0) is 48.0 Å². The van der Waals surface area contributed by atoms with Crippen molar-refractivity contribution in [2.45, 2.75) is 0 Å². The van der Waals surface area contributed by atoms with E-state index in [4.69, 9.17) is 44.9 Å². The van der Waals surface area contributed by atoms with Crippen molar-refractivity contribution in [3.8, 4) is 11.5 Å². The number of anilines is 1. The van der Waals surface area contributed by atoms with Crippen molar-refractivity contribution in [3.63, 3.8) is 0 Å². The number of hydrogen-bond donors (Lipinski definition) is 2. The first-order valence-electron chi connectivity index (χ1n) is 8.16. The number of carbonyl (C=O) groups is 2. The molecule has 0 aliphatic carbocycles. The standard InChI is InChI=1S/C19H14Cl2N2O4S2/c1-26-14-7-10(8-15-18(25)23-19(28)29-15)6-13(21)17(14)27-9-16(24)22-12-4-2-11(20)3-5-12/h2-8H,9H2,1H3,(H,22,24)(H,23,25,28)/b15-8-. The van der Waals surface area contributed by atoms with Gasteiger partial charge in [0.1, 0.15) is 4.32 Å². The molecule has 1 fully saturated rings. The van der Waals surface area contributed by atoms with Crippen LogP contribution in [-0.4, -0.2) is 29.9 Å². The van der Waals surface area contributed by atoms with Gasteiger partial charge in [0.2, 0.25) is 0 Å². The third-order valence-electron chi connectivity index (χ3n) is 3.67. The lowest BCUT2D eigenvalue weighted by molar-refractivity contribution is -0.118. The Labute approximate surface area is 186 Å². The predicted octanol–water partition coefficient (Wildman–Crippen LogP) is 4.51. The fourth-order valence-electron chi connectivity index (χ4n) is 2.40. The van der Waals surface area contributed by atoms with Crippen LogP contribution in [0, 0.1) is 0 Å². The Kier molecular flexibility index (Phi) is 7.02. The number of carbonyl (C=O) groups excluding carboxylic acids is 2. The molecule has 1 aliphatic heterocycles. The van der Waals surface area contributed by atoms with E-state index in [1.54, 1.807) is 42.5 Å². The second-order valence-electron chi connectivity index (χ2n) is 5.73. The van der Waals surface area contributed by atoms with Gasteiger partial charge in [-0.2, -0.15) is 0 Å². The predicted molar refractivity (Wildman–Crippen MR) is 120 cm³/mol. The maximum absolute atomic E-state index is 12.1. The van der Waals surface area contributed by atoms with E-state index in [1.165, 1.54) is 7.11 Å². The molecule has 0 bridgehead atoms. The number of nitrogens with one attached hydrogen (secondary N) is 2. The largest absolute Gasteiger partial charge is 0.493 e. The Hall–Kier alpha value is -2.26. The summed E-state index contributed by atoms with van der Waals surface area (Å²) >= 11 is 18.3. The van der Waals surface area contributed by atoms with Gasteiger partial charge in [-0.15, -0.1) is 0 Å². The van der Waals surface area contributed by atoms with Gasteiger partial charge >= 0.3 is 0 Å². The Bertz CT molecular complexity index is 1010. The summed E-state index contributed by atoms with van der Waals surface area (Å²) in [6, 6.07) is 9.96. The molecule has 2 aromatic rings. The fraction of sp³-hybridized carbons (Fsp3) is 0.105. The van der Waals surface area contributed by atoms with Gasteiger partial charge in [-0.1, -0.05) is 47.2 Å². The maximum atomic E-state index is 12.1. The van der Waals surface area contributed by atoms with Crippen LogP contribution >= 0.6 is 47.2 Å². The van der Waals surface area contributed by atoms with Gasteiger partial charge in [-0.25, -0.2) is 0 Å². The molecule has 2 aromatic carbocycles. The molecule has 10 heteroatoms. The third kappa shape index (κ3) is 5.63. The van der Waals surface area contributed by atoms with E-state index in [9.17, 15) is 9.59 Å². The molecule has 0 aromatic heterocycles. The van der Waals surface area contributed by atoms with Crippen LogP contribution in [0.15, 0.2) is 41.3 Å². The van der Waals surface area contributed by atoms with E-state index < -0.39 is 0 Å². The van der Waals surface area contributed by atoms with E-state index in [2.05, 4.69) is 10.6 Å². The number of thiocarbonyl (C=S) groups is 1. The molecule has 29 heavy (non-hydrogen) atoms. The van der Waals surface area contributed by atoms with Crippen molar-refractivity contribution in [2.75, 3.05) is 19.0 Å². The number of amides is 2. The summed E-state index contributed by atoms with van der Waals surface area (Å²) in [5, 5.41) is 6.04. The number of hydrogen-bond acceptors (Lipinski definition) is 6. The summed E-state index contributed by atoms with van der Waals surface area (Å²) < 4.78 is 11.3. The normalized spacial score (nSPS) is 14.7. The molecular weight excluding hydrogens is 455 g/mol. The molecule has 2 N–H and O–H groups in total. The Balaban J connectivity index is 1.71. The van der Waals surface area contributed by atoms with E-state index >= 15 is 0 Å². The molecule has 150 valence electrons. The highest BCUT2D eigenvalue weighted by atomic mass is 35.5. The van der Waals surface area contributed by atoms with Crippen molar-refractivity contribution >= 4 is 75.1 Å². The highest BCUT2D eigenvalue weighted by Crippen LogP contribution is 2.38. The van der Waals surface area contributed by atoms with Crippen molar-refractivity contribution < 1.29 is 19.1 Å². The first-order valence-corrected chi connectivity index (χ1v) is 10.1. The van der Waals surface area contributed by atoms with Crippen molar-refractivity contribution in [1.29, 1.82) is 0 Å². The van der Waals surface area contributed by atoms with Gasteiger partial charge in [-0.3, -0.25) is 9.59 Å². The quantitative estimate of drug-likeness (QED) is 0.479. The van der Waals surface area contributed by atoms with Gasteiger partial charge in [0.25, 0.3) is 11.8 Å². The lowest BCUT2D eigenvalue weighted by Gasteiger charge is -2.13. The summed E-state index contributed by atoms with van der Waals surface area (Å²) in [6.07, 6.45) is 1.64. The molecule has 6 nitrogen and oxygen atoms in total. The number of benzene rings is 2. The lowest BCUT2D eigenvalue weighted by atomic mass is 10.2. The van der Waals surface area contributed by atoms with Crippen molar-refractivity contribution in [1.82, 2.24) is 5.32 Å². The molecule has 2 amide bonds. The van der Waals surface area contributed by atoms with E-state index in [1.807, 2.05) is 0 Å². The van der Waals surface area contributed by atoms with Gasteiger partial charge in [0.15, 0.2) is 18.1 Å². The van der Waals surface area contributed by atoms with Gasteiger partial charge < -0.3 is 20.1 Å². The van der Waals surface area contributed by atoms with Crippen LogP contribution in [0.3, 0.4) is 0 Å². The number of methoxy groups -OCH3 is 1. The van der Waals surface area contributed by atoms with Gasteiger partial charge in [0.05, 0.1) is 17.0 Å². The van der Waals surface area contributed by atoms with Crippen LogP contribution in [0.4, 0.5) is 5.69 Å². The lowest BCUT2D eigenvalue weighted by Crippen LogP contribution is -2.20. The molecule has 1 aliphatic rings. The molecule has 0 spiro atoms. The minimum absolute atomic E-state index is 0.224. The molecule has 1 heterocycles. The molecular formula is C19H14Cl2N2O4S2. The first kappa shape index (κ1) is 21.4. The van der Waals surface area contributed by atoms with Crippen LogP contribution < -0.4 is 20.1 Å². The molecule has 0 unspecified atom stereocenters. The Morgan fingerprint density at radius 3 is 2.62 bits per heavy atom. The average Bonchev–Trinajstić information content (AvgIpc) is 2.99. The van der Waals surface area contributed by atoms with Crippen LogP contribution in [0.1, 0.15) is 5.56 Å². The highest BCUT2D eigenvalue weighted by molar-refractivity contribution is 8.26. The molecule has 1 saturated heterocycles. The topological polar surface area (TPSA) is 76.7 Å². The monoisotopic (exact) mass is 468 g/mol. The van der Waals surface area contributed by atoms with Crippen LogP contribution in [0.5, 0.6) is 11.5 Å². The molecule has 3 rings (SSSR count). The highest BCUT2D eigenvalue weighted by Gasteiger charge is 2.22. The zero-order valence-corrected chi connectivity index (χ0v) is 18.1. The number of thioether (sulfide) groups is 1. The van der Waals surface area contributed by atoms with Crippen molar-refractivity contribution in [2.24, 2.45) is 0 Å². The Morgan fingerprint density at radius 2 is 2.00 bits per heavy atom. The number of halogens is 2. The first-order chi connectivity index (χ1) is 13.9. The van der Waals surface area contributed by atoms with Crippen LogP contribution in [0.25, 0.3) is 6.08 Å². The molecule has 0 radical (unpaired) electrons. The second-order valence-corrected chi connectivity index (χ2v) is 8.29. The summed E-state index contributed by atoms with van der Waals surface area (Å²) in [6.45, 7) is -0.272. The van der Waals surface area contributed by atoms with Crippen LogP contribution in [-0.2, 0) is 9.59 Å². The summed E-state index contributed by atoms with van der Waals surface area (Å²) in [7, 11) is 1.45. The van der Waals surface area contributed by atoms with E-state index in [0.717, 1.165) is 11.8 Å². The average molecular weight is 469 g/mol. The molecule has 0 saturated carbocycles. The zero-order valence-electron chi connectivity index (χ0n) is 15.0. The van der Waals surface area contributed by atoms with E-state index in [-0.39, 0.29) is 29.2 Å². The Morgan fingerprint density at radius 1 is 1.28 bits per heavy atom. The zero-order chi connectivity index (χ0) is 21.0. The van der Waals surface area contributed by atoms with Crippen molar-refractivity contribution in [3.05, 3.63) is 56.9 Å². The smallest absolute Gasteiger partial charge is 0.263 e. The number of rotatable bonds is 6.